The van der Waals surface area contributed by atoms with E-state index in [0.29, 0.717) is 4.47 Å². The molecular weight excluding hydrogens is 287 g/mol. The fraction of sp³-hybridized carbons (Fsp3) is 0.500. The molecule has 2 rings (SSSR count). The van der Waals surface area contributed by atoms with Crippen molar-refractivity contribution in [1.29, 1.82) is 0 Å². The van der Waals surface area contributed by atoms with Crippen molar-refractivity contribution in [2.75, 3.05) is 32.8 Å². The highest BCUT2D eigenvalue weighted by molar-refractivity contribution is 9.10. The third-order valence-corrected chi connectivity index (χ3v) is 3.74. The Labute approximate surface area is 109 Å². The first-order chi connectivity index (χ1) is 8.22. The predicted octanol–water partition coefficient (Wildman–Crippen LogP) is 1.53. The van der Waals surface area contributed by atoms with Crippen molar-refractivity contribution in [3.63, 3.8) is 0 Å². The first kappa shape index (κ1) is 13.0. The molecule has 0 aliphatic carbocycles. The molecule has 0 amide bonds. The van der Waals surface area contributed by atoms with Gasteiger partial charge in [-0.1, -0.05) is 6.07 Å². The molecule has 1 unspecified atom stereocenters. The zero-order valence-corrected chi connectivity index (χ0v) is 11.1. The van der Waals surface area contributed by atoms with E-state index in [1.165, 1.54) is 6.07 Å². The number of hydrogen-bond acceptors (Lipinski definition) is 3. The molecular formula is C12H16BrFN2O. The minimum absolute atomic E-state index is 0.0150. The lowest BCUT2D eigenvalue weighted by Gasteiger charge is -2.34. The van der Waals surface area contributed by atoms with Gasteiger partial charge in [0, 0.05) is 26.2 Å². The Morgan fingerprint density at radius 1 is 1.41 bits per heavy atom. The topological polar surface area (TPSA) is 35.5 Å². The standard InChI is InChI=1S/C12H16BrFN2O/c13-10-2-1-9(7-11(10)14)12(8-17)16-5-3-15-4-6-16/h1-2,7,12,15,17H,3-6,8H2. The van der Waals surface area contributed by atoms with E-state index in [1.807, 2.05) is 6.07 Å². The number of nitrogens with zero attached hydrogens (tertiary/aromatic N) is 1. The summed E-state index contributed by atoms with van der Waals surface area (Å²) in [5, 5.41) is 12.8. The van der Waals surface area contributed by atoms with Crippen LogP contribution in [0.5, 0.6) is 0 Å². The van der Waals surface area contributed by atoms with E-state index < -0.39 is 0 Å². The van der Waals surface area contributed by atoms with Crippen molar-refractivity contribution in [3.05, 3.63) is 34.1 Å². The van der Waals surface area contributed by atoms with Gasteiger partial charge in [-0.3, -0.25) is 4.90 Å². The van der Waals surface area contributed by atoms with Gasteiger partial charge in [0.25, 0.3) is 0 Å². The third-order valence-electron chi connectivity index (χ3n) is 3.09. The van der Waals surface area contributed by atoms with Crippen LogP contribution in [-0.2, 0) is 0 Å². The van der Waals surface area contributed by atoms with Crippen molar-refractivity contribution in [2.24, 2.45) is 0 Å². The largest absolute Gasteiger partial charge is 0.394 e. The Bertz CT molecular complexity index is 383. The number of hydrogen-bond donors (Lipinski definition) is 2. The van der Waals surface area contributed by atoms with E-state index in [2.05, 4.69) is 26.1 Å². The van der Waals surface area contributed by atoms with Crippen LogP contribution in [0.25, 0.3) is 0 Å². The van der Waals surface area contributed by atoms with Gasteiger partial charge in [-0.2, -0.15) is 0 Å². The number of halogens is 2. The number of nitrogens with one attached hydrogen (secondary N) is 1. The summed E-state index contributed by atoms with van der Waals surface area (Å²) in [5.74, 6) is -0.281. The molecule has 1 atom stereocenters. The molecule has 5 heteroatoms. The lowest BCUT2D eigenvalue weighted by Crippen LogP contribution is -2.46. The Morgan fingerprint density at radius 3 is 2.71 bits per heavy atom. The Kier molecular flexibility index (Phi) is 4.50. The molecule has 2 N–H and O–H groups in total. The van der Waals surface area contributed by atoms with E-state index in [-0.39, 0.29) is 18.5 Å². The van der Waals surface area contributed by atoms with E-state index in [1.54, 1.807) is 6.07 Å². The van der Waals surface area contributed by atoms with Crippen molar-refractivity contribution in [1.82, 2.24) is 10.2 Å². The number of aliphatic hydroxyl groups excluding tert-OH is 1. The Balaban J connectivity index is 2.18. The number of benzene rings is 1. The smallest absolute Gasteiger partial charge is 0.137 e. The van der Waals surface area contributed by atoms with Crippen molar-refractivity contribution >= 4 is 15.9 Å². The molecule has 1 heterocycles. The lowest BCUT2D eigenvalue weighted by atomic mass is 10.1. The summed E-state index contributed by atoms with van der Waals surface area (Å²) in [6, 6.07) is 4.93. The normalized spacial score (nSPS) is 19.2. The first-order valence-electron chi connectivity index (χ1n) is 5.73. The second-order valence-electron chi connectivity index (χ2n) is 4.16. The molecule has 0 radical (unpaired) electrons. The average Bonchev–Trinajstić information content (AvgIpc) is 2.36. The van der Waals surface area contributed by atoms with E-state index >= 15 is 0 Å². The summed E-state index contributed by atoms with van der Waals surface area (Å²) in [6.07, 6.45) is 0. The van der Waals surface area contributed by atoms with Crippen LogP contribution in [0.3, 0.4) is 0 Å². The first-order valence-corrected chi connectivity index (χ1v) is 6.52. The number of piperazine rings is 1. The molecule has 94 valence electrons. The van der Waals surface area contributed by atoms with Gasteiger partial charge < -0.3 is 10.4 Å². The maximum Gasteiger partial charge on any atom is 0.137 e. The molecule has 1 aliphatic heterocycles. The molecule has 0 aromatic heterocycles. The molecule has 0 bridgehead atoms. The monoisotopic (exact) mass is 302 g/mol. The van der Waals surface area contributed by atoms with Crippen LogP contribution in [0.2, 0.25) is 0 Å². The van der Waals surface area contributed by atoms with Crippen LogP contribution in [0, 0.1) is 5.82 Å². The van der Waals surface area contributed by atoms with E-state index in [4.69, 9.17) is 0 Å². The zero-order chi connectivity index (χ0) is 12.3. The molecule has 1 aliphatic rings. The summed E-state index contributed by atoms with van der Waals surface area (Å²) >= 11 is 3.14. The van der Waals surface area contributed by atoms with Gasteiger partial charge in [-0.05, 0) is 33.6 Å². The Morgan fingerprint density at radius 2 is 2.12 bits per heavy atom. The third kappa shape index (κ3) is 3.04. The highest BCUT2D eigenvalue weighted by atomic mass is 79.9. The van der Waals surface area contributed by atoms with Gasteiger partial charge in [0.05, 0.1) is 17.1 Å². The highest BCUT2D eigenvalue weighted by Crippen LogP contribution is 2.24. The quantitative estimate of drug-likeness (QED) is 0.889. The van der Waals surface area contributed by atoms with Crippen molar-refractivity contribution in [3.8, 4) is 0 Å². The van der Waals surface area contributed by atoms with E-state index in [0.717, 1.165) is 31.7 Å². The summed E-state index contributed by atoms with van der Waals surface area (Å²) in [4.78, 5) is 2.18. The van der Waals surface area contributed by atoms with E-state index in [9.17, 15) is 9.50 Å². The summed E-state index contributed by atoms with van der Waals surface area (Å²) in [6.45, 7) is 3.60. The van der Waals surface area contributed by atoms with Gasteiger partial charge in [0.2, 0.25) is 0 Å². The Hall–Kier alpha value is -0.490. The van der Waals surface area contributed by atoms with Crippen LogP contribution in [0.15, 0.2) is 22.7 Å². The summed E-state index contributed by atoms with van der Waals surface area (Å²) in [7, 11) is 0. The van der Waals surface area contributed by atoms with Gasteiger partial charge in [0.15, 0.2) is 0 Å². The molecule has 0 saturated carbocycles. The minimum Gasteiger partial charge on any atom is -0.394 e. The number of rotatable bonds is 3. The summed E-state index contributed by atoms with van der Waals surface area (Å²) < 4.78 is 13.9. The van der Waals surface area contributed by atoms with Crippen LogP contribution in [0.1, 0.15) is 11.6 Å². The van der Waals surface area contributed by atoms with Crippen LogP contribution >= 0.6 is 15.9 Å². The van der Waals surface area contributed by atoms with Crippen molar-refractivity contribution < 1.29 is 9.50 Å². The molecule has 1 aromatic carbocycles. The minimum atomic E-state index is -0.281. The maximum atomic E-state index is 13.5. The fourth-order valence-electron chi connectivity index (χ4n) is 2.15. The van der Waals surface area contributed by atoms with Gasteiger partial charge in [0.1, 0.15) is 5.82 Å². The average molecular weight is 303 g/mol. The predicted molar refractivity (Wildman–Crippen MR) is 68.4 cm³/mol. The van der Waals surface area contributed by atoms with Crippen LogP contribution in [0.4, 0.5) is 4.39 Å². The zero-order valence-electron chi connectivity index (χ0n) is 9.50. The van der Waals surface area contributed by atoms with Gasteiger partial charge in [-0.15, -0.1) is 0 Å². The maximum absolute atomic E-state index is 13.5. The summed E-state index contributed by atoms with van der Waals surface area (Å²) in [5.41, 5.74) is 0.829. The second kappa shape index (κ2) is 5.91. The van der Waals surface area contributed by atoms with Crippen LogP contribution < -0.4 is 5.32 Å². The van der Waals surface area contributed by atoms with Gasteiger partial charge >= 0.3 is 0 Å². The molecule has 1 aromatic rings. The molecule has 1 saturated heterocycles. The fourth-order valence-corrected chi connectivity index (χ4v) is 2.39. The second-order valence-corrected chi connectivity index (χ2v) is 5.01. The van der Waals surface area contributed by atoms with Gasteiger partial charge in [-0.25, -0.2) is 4.39 Å². The lowest BCUT2D eigenvalue weighted by molar-refractivity contribution is 0.110. The molecule has 17 heavy (non-hydrogen) atoms. The van der Waals surface area contributed by atoms with Crippen molar-refractivity contribution in [2.45, 2.75) is 6.04 Å². The van der Waals surface area contributed by atoms with Crippen LogP contribution in [-0.4, -0.2) is 42.8 Å². The molecule has 3 nitrogen and oxygen atoms in total. The molecule has 1 fully saturated rings. The SMILES string of the molecule is OCC(c1ccc(Br)c(F)c1)N1CCNCC1. The highest BCUT2D eigenvalue weighted by Gasteiger charge is 2.21. The number of aliphatic hydroxyl groups is 1. The molecule has 0 spiro atoms.